The lowest BCUT2D eigenvalue weighted by atomic mass is 10.2. The van der Waals surface area contributed by atoms with Crippen LogP contribution in [0.2, 0.25) is 0 Å². The number of nitrogens with two attached hydrogens (primary N) is 1. The first-order chi connectivity index (χ1) is 7.52. The Morgan fingerprint density at radius 3 is 2.81 bits per heavy atom. The molecule has 1 aromatic carbocycles. The number of non-ortho nitro benzene ring substituents is 1. The van der Waals surface area contributed by atoms with Gasteiger partial charge in [-0.2, -0.15) is 0 Å². The van der Waals surface area contributed by atoms with E-state index in [0.717, 1.165) is 0 Å². The van der Waals surface area contributed by atoms with Crippen molar-refractivity contribution in [3.05, 3.63) is 28.3 Å². The predicted octanol–water partition coefficient (Wildman–Crippen LogP) is 1.62. The molecule has 0 aliphatic heterocycles. The van der Waals surface area contributed by atoms with E-state index in [2.05, 4.69) is 5.32 Å². The maximum Gasteiger partial charge on any atom is 0.273 e. The van der Waals surface area contributed by atoms with Crippen LogP contribution in [0.25, 0.3) is 0 Å². The van der Waals surface area contributed by atoms with Gasteiger partial charge in [0, 0.05) is 36.7 Å². The molecule has 0 aliphatic carbocycles. The molecule has 6 heteroatoms. The number of methoxy groups -OCH3 is 1. The highest BCUT2D eigenvalue weighted by molar-refractivity contribution is 5.61. The molecule has 0 fully saturated rings. The highest BCUT2D eigenvalue weighted by Crippen LogP contribution is 2.22. The maximum atomic E-state index is 10.6. The Labute approximate surface area is 93.5 Å². The van der Waals surface area contributed by atoms with Crippen LogP contribution in [-0.4, -0.2) is 24.7 Å². The zero-order valence-corrected chi connectivity index (χ0v) is 9.27. The molecule has 0 saturated carbocycles. The second-order valence-electron chi connectivity index (χ2n) is 3.57. The Balaban J connectivity index is 2.84. The monoisotopic (exact) mass is 225 g/mol. The molecule has 0 radical (unpaired) electrons. The molecule has 0 bridgehead atoms. The number of nitro benzene ring substituents is 1. The lowest BCUT2D eigenvalue weighted by molar-refractivity contribution is -0.384. The van der Waals surface area contributed by atoms with Crippen LogP contribution < -0.4 is 11.1 Å². The normalized spacial score (nSPS) is 12.1. The van der Waals surface area contributed by atoms with Crippen LogP contribution in [0.15, 0.2) is 18.2 Å². The molecule has 0 saturated heterocycles. The van der Waals surface area contributed by atoms with Gasteiger partial charge in [0.1, 0.15) is 0 Å². The van der Waals surface area contributed by atoms with Gasteiger partial charge < -0.3 is 15.8 Å². The number of nitro groups is 1. The van der Waals surface area contributed by atoms with Crippen LogP contribution in [0.3, 0.4) is 0 Å². The van der Waals surface area contributed by atoms with Crippen molar-refractivity contribution < 1.29 is 9.66 Å². The third kappa shape index (κ3) is 3.39. The number of nitrogen functional groups attached to an aromatic ring is 1. The Morgan fingerprint density at radius 2 is 2.25 bits per heavy atom. The topological polar surface area (TPSA) is 90.4 Å². The highest BCUT2D eigenvalue weighted by Gasteiger charge is 2.09. The van der Waals surface area contributed by atoms with Gasteiger partial charge in [0.25, 0.3) is 5.69 Å². The largest absolute Gasteiger partial charge is 0.398 e. The summed E-state index contributed by atoms with van der Waals surface area (Å²) in [5, 5.41) is 13.7. The summed E-state index contributed by atoms with van der Waals surface area (Å²) in [6.45, 7) is 2.43. The molecule has 0 aromatic heterocycles. The lowest BCUT2D eigenvalue weighted by Crippen LogP contribution is -2.20. The summed E-state index contributed by atoms with van der Waals surface area (Å²) in [5.74, 6) is 0. The fourth-order valence-corrected chi connectivity index (χ4v) is 1.40. The van der Waals surface area contributed by atoms with Crippen molar-refractivity contribution in [1.82, 2.24) is 0 Å². The highest BCUT2D eigenvalue weighted by atomic mass is 16.6. The number of nitrogens with zero attached hydrogens (tertiary/aromatic N) is 1. The van der Waals surface area contributed by atoms with E-state index >= 15 is 0 Å². The van der Waals surface area contributed by atoms with Crippen molar-refractivity contribution in [2.45, 2.75) is 13.0 Å². The standard InChI is InChI=1S/C10H15N3O3/c1-7(6-16-2)12-9-3-8(11)4-10(5-9)13(14)15/h3-5,7,12H,6,11H2,1-2H3. The van der Waals surface area contributed by atoms with Crippen LogP contribution in [0.5, 0.6) is 0 Å². The summed E-state index contributed by atoms with van der Waals surface area (Å²) in [4.78, 5) is 10.1. The minimum Gasteiger partial charge on any atom is -0.398 e. The zero-order valence-electron chi connectivity index (χ0n) is 9.27. The number of rotatable bonds is 5. The Kier molecular flexibility index (Phi) is 4.07. The van der Waals surface area contributed by atoms with Crippen molar-refractivity contribution in [3.8, 4) is 0 Å². The molecular formula is C10H15N3O3. The van der Waals surface area contributed by atoms with Gasteiger partial charge >= 0.3 is 0 Å². The summed E-state index contributed by atoms with van der Waals surface area (Å²) < 4.78 is 4.96. The molecule has 88 valence electrons. The van der Waals surface area contributed by atoms with Gasteiger partial charge in [-0.3, -0.25) is 10.1 Å². The third-order valence-corrected chi connectivity index (χ3v) is 1.98. The van der Waals surface area contributed by atoms with Gasteiger partial charge in [-0.05, 0) is 13.0 Å². The average molecular weight is 225 g/mol. The van der Waals surface area contributed by atoms with Gasteiger partial charge in [-0.25, -0.2) is 0 Å². The number of hydrogen-bond acceptors (Lipinski definition) is 5. The molecular weight excluding hydrogens is 210 g/mol. The number of benzene rings is 1. The first-order valence-corrected chi connectivity index (χ1v) is 4.83. The molecule has 1 rings (SSSR count). The number of hydrogen-bond donors (Lipinski definition) is 2. The number of ether oxygens (including phenoxy) is 1. The second-order valence-corrected chi connectivity index (χ2v) is 3.57. The molecule has 0 aliphatic rings. The molecule has 16 heavy (non-hydrogen) atoms. The SMILES string of the molecule is COCC(C)Nc1cc(N)cc([N+](=O)[O-])c1. The fraction of sp³-hybridized carbons (Fsp3) is 0.400. The zero-order chi connectivity index (χ0) is 12.1. The fourth-order valence-electron chi connectivity index (χ4n) is 1.40. The van der Waals surface area contributed by atoms with Crippen molar-refractivity contribution in [2.75, 3.05) is 24.8 Å². The summed E-state index contributed by atoms with van der Waals surface area (Å²) >= 11 is 0. The first kappa shape index (κ1) is 12.3. The predicted molar refractivity (Wildman–Crippen MR) is 62.5 cm³/mol. The molecule has 6 nitrogen and oxygen atoms in total. The quantitative estimate of drug-likeness (QED) is 0.451. The Hall–Kier alpha value is -1.82. The van der Waals surface area contributed by atoms with Gasteiger partial charge in [0.15, 0.2) is 0 Å². The van der Waals surface area contributed by atoms with Crippen molar-refractivity contribution in [3.63, 3.8) is 0 Å². The van der Waals surface area contributed by atoms with E-state index in [0.29, 0.717) is 18.0 Å². The third-order valence-electron chi connectivity index (χ3n) is 1.98. The van der Waals surface area contributed by atoms with Gasteiger partial charge in [0.05, 0.1) is 11.5 Å². The second kappa shape index (κ2) is 5.32. The van der Waals surface area contributed by atoms with E-state index < -0.39 is 4.92 Å². The molecule has 1 unspecified atom stereocenters. The summed E-state index contributed by atoms with van der Waals surface area (Å²) in [7, 11) is 1.60. The summed E-state index contributed by atoms with van der Waals surface area (Å²) in [6, 6.07) is 4.49. The van der Waals surface area contributed by atoms with Crippen molar-refractivity contribution >= 4 is 17.1 Å². The van der Waals surface area contributed by atoms with Crippen LogP contribution in [0.1, 0.15) is 6.92 Å². The molecule has 0 amide bonds. The number of nitrogens with one attached hydrogen (secondary N) is 1. The van der Waals surface area contributed by atoms with E-state index in [-0.39, 0.29) is 11.7 Å². The average Bonchev–Trinajstić information content (AvgIpc) is 2.16. The Morgan fingerprint density at radius 1 is 1.56 bits per heavy atom. The van der Waals surface area contributed by atoms with Crippen LogP contribution in [-0.2, 0) is 4.74 Å². The van der Waals surface area contributed by atoms with E-state index in [1.807, 2.05) is 6.92 Å². The Bertz CT molecular complexity index is 382. The summed E-state index contributed by atoms with van der Waals surface area (Å²) in [5.41, 5.74) is 6.53. The van der Waals surface area contributed by atoms with Crippen molar-refractivity contribution in [2.24, 2.45) is 0 Å². The minimum absolute atomic E-state index is 0.0212. The van der Waals surface area contributed by atoms with E-state index in [4.69, 9.17) is 10.5 Å². The molecule has 1 atom stereocenters. The van der Waals surface area contributed by atoms with Gasteiger partial charge in [-0.1, -0.05) is 0 Å². The number of anilines is 2. The van der Waals surface area contributed by atoms with Gasteiger partial charge in [-0.15, -0.1) is 0 Å². The molecule has 3 N–H and O–H groups in total. The maximum absolute atomic E-state index is 10.6. The molecule has 1 aromatic rings. The smallest absolute Gasteiger partial charge is 0.273 e. The van der Waals surface area contributed by atoms with Crippen LogP contribution in [0.4, 0.5) is 17.1 Å². The van der Waals surface area contributed by atoms with E-state index in [1.54, 1.807) is 13.2 Å². The van der Waals surface area contributed by atoms with Gasteiger partial charge in [0.2, 0.25) is 0 Å². The van der Waals surface area contributed by atoms with E-state index in [1.165, 1.54) is 12.1 Å². The lowest BCUT2D eigenvalue weighted by Gasteiger charge is -2.14. The molecule has 0 spiro atoms. The molecule has 0 heterocycles. The summed E-state index contributed by atoms with van der Waals surface area (Å²) in [6.07, 6.45) is 0. The van der Waals surface area contributed by atoms with Crippen molar-refractivity contribution in [1.29, 1.82) is 0 Å². The minimum atomic E-state index is -0.470. The first-order valence-electron chi connectivity index (χ1n) is 4.83. The van der Waals surface area contributed by atoms with E-state index in [9.17, 15) is 10.1 Å². The van der Waals surface area contributed by atoms with Crippen LogP contribution in [0, 0.1) is 10.1 Å². The van der Waals surface area contributed by atoms with Crippen LogP contribution >= 0.6 is 0 Å².